The molecule has 1 atom stereocenters. The summed E-state index contributed by atoms with van der Waals surface area (Å²) in [5.74, 6) is 2.44. The van der Waals surface area contributed by atoms with Gasteiger partial charge in [-0.1, -0.05) is 19.8 Å². The molecule has 0 spiro atoms. The van der Waals surface area contributed by atoms with Gasteiger partial charge in [0.2, 0.25) is 0 Å². The minimum Gasteiger partial charge on any atom is -0.105 e. The molecule has 0 N–H and O–H groups in total. The first-order valence-electron chi connectivity index (χ1n) is 3.79. The lowest BCUT2D eigenvalue weighted by Gasteiger charge is -1.93. The zero-order chi connectivity index (χ0) is 7.23. The summed E-state index contributed by atoms with van der Waals surface area (Å²) in [7, 11) is 4.32. The highest BCUT2D eigenvalue weighted by Crippen LogP contribution is 2.37. The van der Waals surface area contributed by atoms with Gasteiger partial charge in [-0.15, -0.1) is 7.87 Å². The molecule has 0 nitrogen and oxygen atoms in total. The second kappa shape index (κ2) is 5.31. The standard InChI is InChI=1S/C7H13P3/c1-2-3-4-5-7-6-8-10-9-7/h6,8H,2-5H2,1H3. The zero-order valence-electron chi connectivity index (χ0n) is 6.30. The third-order valence-electron chi connectivity index (χ3n) is 1.50. The average Bonchev–Trinajstić information content (AvgIpc) is 2.41. The van der Waals surface area contributed by atoms with Gasteiger partial charge in [-0.25, -0.2) is 0 Å². The summed E-state index contributed by atoms with van der Waals surface area (Å²) >= 11 is 0. The van der Waals surface area contributed by atoms with Gasteiger partial charge in [-0.3, -0.25) is 0 Å². The minimum absolute atomic E-state index is 1.10. The molecule has 1 heterocycles. The fraction of sp³-hybridized carbons (Fsp3) is 0.714. The van der Waals surface area contributed by atoms with Gasteiger partial charge in [0.15, 0.2) is 0 Å². The van der Waals surface area contributed by atoms with E-state index >= 15 is 0 Å². The first-order valence-corrected chi connectivity index (χ1v) is 8.20. The second-order valence-electron chi connectivity index (χ2n) is 2.42. The van der Waals surface area contributed by atoms with Crippen LogP contribution in [0.15, 0.2) is 5.80 Å². The largest absolute Gasteiger partial charge is 0.105 e. The molecule has 0 aliphatic carbocycles. The number of hydrogen-bond acceptors (Lipinski definition) is 0. The SMILES string of the molecule is CCCCCc1c[pH]pp1. The molecule has 3 heteroatoms. The Morgan fingerprint density at radius 3 is 3.00 bits per heavy atom. The van der Waals surface area contributed by atoms with Crippen molar-refractivity contribution in [3.63, 3.8) is 0 Å². The van der Waals surface area contributed by atoms with Crippen molar-refractivity contribution in [2.24, 2.45) is 0 Å². The van der Waals surface area contributed by atoms with Crippen molar-refractivity contribution < 1.29 is 0 Å². The van der Waals surface area contributed by atoms with Crippen molar-refractivity contribution in [3.8, 4) is 0 Å². The highest BCUT2D eigenvalue weighted by atomic mass is 32.1. The van der Waals surface area contributed by atoms with Crippen LogP contribution in [0.1, 0.15) is 31.5 Å². The number of aryl methyl sites for hydroxylation is 1. The van der Waals surface area contributed by atoms with Crippen LogP contribution in [0.25, 0.3) is 0 Å². The van der Waals surface area contributed by atoms with Crippen LogP contribution in [0, 0.1) is 0 Å². The molecule has 0 aliphatic heterocycles. The zero-order valence-corrected chi connectivity index (χ0v) is 9.09. The molecule has 1 rings (SSSR count). The van der Waals surface area contributed by atoms with E-state index in [0.717, 1.165) is 7.87 Å². The number of hydrogen-bond donors (Lipinski definition) is 0. The molecular formula is C7H13P3. The third kappa shape index (κ3) is 3.16. The predicted molar refractivity (Wildman–Crippen MR) is 54.2 cm³/mol. The van der Waals surface area contributed by atoms with E-state index in [-0.39, 0.29) is 0 Å². The van der Waals surface area contributed by atoms with E-state index in [4.69, 9.17) is 0 Å². The third-order valence-corrected chi connectivity index (χ3v) is 6.79. The van der Waals surface area contributed by atoms with Gasteiger partial charge < -0.3 is 0 Å². The quantitative estimate of drug-likeness (QED) is 0.608. The summed E-state index contributed by atoms with van der Waals surface area (Å²) in [4.78, 5) is 0. The molecule has 0 saturated carbocycles. The summed E-state index contributed by atoms with van der Waals surface area (Å²) in [5, 5.41) is 1.70. The summed E-state index contributed by atoms with van der Waals surface area (Å²) < 4.78 is 0. The molecule has 0 aromatic carbocycles. The van der Waals surface area contributed by atoms with Gasteiger partial charge >= 0.3 is 0 Å². The molecular weight excluding hydrogens is 177 g/mol. The molecule has 56 valence electrons. The van der Waals surface area contributed by atoms with E-state index in [0.29, 0.717) is 0 Å². The fourth-order valence-electron chi connectivity index (χ4n) is 0.904. The van der Waals surface area contributed by atoms with Crippen LogP contribution in [0.2, 0.25) is 0 Å². The molecule has 0 aliphatic rings. The fourth-order valence-corrected chi connectivity index (χ4v) is 6.64. The summed E-state index contributed by atoms with van der Waals surface area (Å²) in [6.45, 7) is 2.26. The van der Waals surface area contributed by atoms with Gasteiger partial charge in [-0.05, 0) is 39.4 Å². The van der Waals surface area contributed by atoms with Crippen molar-refractivity contribution in [1.82, 2.24) is 0 Å². The van der Waals surface area contributed by atoms with Crippen molar-refractivity contribution in [1.29, 1.82) is 0 Å². The van der Waals surface area contributed by atoms with Gasteiger partial charge in [-0.2, -0.15) is 0 Å². The monoisotopic (exact) mass is 190 g/mol. The molecule has 1 aromatic heterocycles. The predicted octanol–water partition coefficient (Wildman–Crippen LogP) is 4.61. The maximum absolute atomic E-state index is 2.44. The van der Waals surface area contributed by atoms with E-state index in [1.165, 1.54) is 25.7 Å². The van der Waals surface area contributed by atoms with Crippen LogP contribution in [0.3, 0.4) is 0 Å². The van der Waals surface area contributed by atoms with Crippen molar-refractivity contribution in [2.75, 3.05) is 0 Å². The first-order chi connectivity index (χ1) is 4.93. The lowest BCUT2D eigenvalue weighted by molar-refractivity contribution is 0.723. The Hall–Kier alpha value is 0.640. The van der Waals surface area contributed by atoms with Gasteiger partial charge in [0.05, 0.1) is 0 Å². The van der Waals surface area contributed by atoms with Crippen LogP contribution in [0.5, 0.6) is 0 Å². The lowest BCUT2D eigenvalue weighted by Crippen LogP contribution is -1.77. The van der Waals surface area contributed by atoms with E-state index < -0.39 is 0 Å². The van der Waals surface area contributed by atoms with Gasteiger partial charge in [0.25, 0.3) is 0 Å². The average molecular weight is 190 g/mol. The molecule has 0 fully saturated rings. The van der Waals surface area contributed by atoms with Crippen LogP contribution in [-0.2, 0) is 6.42 Å². The molecule has 0 saturated heterocycles. The lowest BCUT2D eigenvalue weighted by atomic mass is 10.2. The van der Waals surface area contributed by atoms with Crippen molar-refractivity contribution >= 4 is 23.3 Å². The van der Waals surface area contributed by atoms with Gasteiger partial charge in [0, 0.05) is 0 Å². The van der Waals surface area contributed by atoms with Gasteiger partial charge in [0.1, 0.15) is 0 Å². The van der Waals surface area contributed by atoms with E-state index in [2.05, 4.69) is 12.7 Å². The Labute approximate surface area is 67.5 Å². The number of rotatable bonds is 4. The summed E-state index contributed by atoms with van der Waals surface area (Å²) in [6, 6.07) is 0. The van der Waals surface area contributed by atoms with E-state index in [9.17, 15) is 0 Å². The van der Waals surface area contributed by atoms with Crippen LogP contribution in [0.4, 0.5) is 0 Å². The molecule has 0 bridgehead atoms. The van der Waals surface area contributed by atoms with Crippen LogP contribution < -0.4 is 0 Å². The summed E-state index contributed by atoms with van der Waals surface area (Å²) in [5.41, 5.74) is 0. The Morgan fingerprint density at radius 2 is 2.40 bits per heavy atom. The van der Waals surface area contributed by atoms with E-state index in [1.807, 2.05) is 0 Å². The highest BCUT2D eigenvalue weighted by molar-refractivity contribution is 8.17. The van der Waals surface area contributed by atoms with E-state index in [1.54, 1.807) is 20.7 Å². The maximum Gasteiger partial charge on any atom is -0.0118 e. The normalized spacial score (nSPS) is 12.5. The smallest absolute Gasteiger partial charge is 0.0118 e. The van der Waals surface area contributed by atoms with Crippen LogP contribution >= 0.6 is 23.3 Å². The topological polar surface area (TPSA) is 0 Å². The van der Waals surface area contributed by atoms with Crippen LogP contribution in [-0.4, -0.2) is 0 Å². The maximum atomic E-state index is 2.44. The minimum atomic E-state index is 1.10. The Kier molecular flexibility index (Phi) is 4.64. The molecule has 0 amide bonds. The Morgan fingerprint density at radius 1 is 1.50 bits per heavy atom. The molecule has 1 unspecified atom stereocenters. The number of unbranched alkanes of at least 4 members (excludes halogenated alkanes) is 2. The first kappa shape index (κ1) is 8.73. The molecule has 0 radical (unpaired) electrons. The molecule has 10 heavy (non-hydrogen) atoms. The molecule has 1 aromatic rings. The Balaban J connectivity index is 2.15. The van der Waals surface area contributed by atoms with Crippen molar-refractivity contribution in [2.45, 2.75) is 32.6 Å². The Bertz CT molecular complexity index is 157. The highest BCUT2D eigenvalue weighted by Gasteiger charge is 1.91. The summed E-state index contributed by atoms with van der Waals surface area (Å²) in [6.07, 6.45) is 5.54. The second-order valence-corrected chi connectivity index (χ2v) is 7.72. The van der Waals surface area contributed by atoms with Crippen molar-refractivity contribution in [3.05, 3.63) is 11.1 Å².